The van der Waals surface area contributed by atoms with E-state index in [4.69, 9.17) is 11.6 Å². The van der Waals surface area contributed by atoms with Gasteiger partial charge in [-0.15, -0.1) is 0 Å². The Morgan fingerprint density at radius 2 is 1.81 bits per heavy atom. The fourth-order valence-corrected chi connectivity index (χ4v) is 3.32. The minimum absolute atomic E-state index is 0.0685. The standard InChI is InChI=1S/C19H21ClN4O3/c1-14(19(25)21-16-4-2-3-15(20)13-16)22-9-11-23(12-10-22)17-5-7-18(8-6-17)24(26)27/h2-8,13-14H,9-12H2,1H3,(H,21,25)/t14-/m1/s1. The number of nitro groups is 1. The molecule has 1 atom stereocenters. The van der Waals surface area contributed by atoms with Gasteiger partial charge in [0.05, 0.1) is 11.0 Å². The Morgan fingerprint density at radius 3 is 2.41 bits per heavy atom. The van der Waals surface area contributed by atoms with Crippen molar-refractivity contribution >= 4 is 34.6 Å². The molecule has 3 rings (SSSR count). The summed E-state index contributed by atoms with van der Waals surface area (Å²) < 4.78 is 0. The number of nitro benzene ring substituents is 1. The summed E-state index contributed by atoms with van der Waals surface area (Å²) in [7, 11) is 0. The van der Waals surface area contributed by atoms with Gasteiger partial charge in [0.1, 0.15) is 0 Å². The molecule has 0 spiro atoms. The Kier molecular flexibility index (Phi) is 5.93. The number of halogens is 1. The number of benzene rings is 2. The van der Waals surface area contributed by atoms with Crippen LogP contribution >= 0.6 is 11.6 Å². The van der Waals surface area contributed by atoms with Gasteiger partial charge in [-0.05, 0) is 37.3 Å². The first kappa shape index (κ1) is 19.1. The zero-order chi connectivity index (χ0) is 19.4. The topological polar surface area (TPSA) is 78.7 Å². The number of amides is 1. The highest BCUT2D eigenvalue weighted by molar-refractivity contribution is 6.30. The molecule has 0 aliphatic carbocycles. The number of hydrogen-bond acceptors (Lipinski definition) is 5. The number of non-ortho nitro benzene ring substituents is 1. The Hall–Kier alpha value is -2.64. The number of carbonyl (C=O) groups is 1. The first-order valence-electron chi connectivity index (χ1n) is 8.74. The van der Waals surface area contributed by atoms with Crippen molar-refractivity contribution in [3.05, 3.63) is 63.7 Å². The summed E-state index contributed by atoms with van der Waals surface area (Å²) in [6, 6.07) is 13.4. The summed E-state index contributed by atoms with van der Waals surface area (Å²) in [6.45, 7) is 4.88. The van der Waals surface area contributed by atoms with Crippen molar-refractivity contribution in [3.63, 3.8) is 0 Å². The van der Waals surface area contributed by atoms with Crippen LogP contribution in [0.2, 0.25) is 5.02 Å². The summed E-state index contributed by atoms with van der Waals surface area (Å²) in [4.78, 5) is 27.2. The molecule has 1 aliphatic rings. The van der Waals surface area contributed by atoms with E-state index in [0.717, 1.165) is 31.9 Å². The van der Waals surface area contributed by atoms with E-state index in [2.05, 4.69) is 15.1 Å². The average molecular weight is 389 g/mol. The number of hydrogen-bond donors (Lipinski definition) is 1. The minimum atomic E-state index is -0.401. The Morgan fingerprint density at radius 1 is 1.15 bits per heavy atom. The second-order valence-corrected chi connectivity index (χ2v) is 6.91. The highest BCUT2D eigenvalue weighted by Gasteiger charge is 2.26. The number of carbonyl (C=O) groups excluding carboxylic acids is 1. The second kappa shape index (κ2) is 8.37. The van der Waals surface area contributed by atoms with Crippen LogP contribution in [0.25, 0.3) is 0 Å². The van der Waals surface area contributed by atoms with E-state index < -0.39 is 4.92 Å². The molecule has 142 valence electrons. The van der Waals surface area contributed by atoms with E-state index in [1.807, 2.05) is 13.0 Å². The van der Waals surface area contributed by atoms with Crippen LogP contribution in [0, 0.1) is 10.1 Å². The molecule has 0 saturated carbocycles. The summed E-state index contributed by atoms with van der Waals surface area (Å²) in [6.07, 6.45) is 0. The molecule has 0 radical (unpaired) electrons. The Bertz CT molecular complexity index is 820. The molecule has 7 nitrogen and oxygen atoms in total. The number of nitrogens with zero attached hydrogens (tertiary/aromatic N) is 3. The molecule has 0 bridgehead atoms. The van der Waals surface area contributed by atoms with Crippen LogP contribution in [0.4, 0.5) is 17.1 Å². The van der Waals surface area contributed by atoms with Gasteiger partial charge in [-0.1, -0.05) is 17.7 Å². The monoisotopic (exact) mass is 388 g/mol. The Labute approximate surface area is 162 Å². The fraction of sp³-hybridized carbons (Fsp3) is 0.316. The van der Waals surface area contributed by atoms with Gasteiger partial charge in [0.25, 0.3) is 5.69 Å². The first-order valence-corrected chi connectivity index (χ1v) is 9.12. The van der Waals surface area contributed by atoms with E-state index in [0.29, 0.717) is 10.7 Å². The predicted octanol–water partition coefficient (Wildman–Crippen LogP) is 3.40. The van der Waals surface area contributed by atoms with Crippen molar-refractivity contribution in [2.24, 2.45) is 0 Å². The molecule has 1 fully saturated rings. The van der Waals surface area contributed by atoms with Crippen LogP contribution in [-0.4, -0.2) is 48.0 Å². The molecule has 1 saturated heterocycles. The van der Waals surface area contributed by atoms with E-state index in [1.54, 1.807) is 30.3 Å². The van der Waals surface area contributed by atoms with Crippen LogP contribution in [0.5, 0.6) is 0 Å². The quantitative estimate of drug-likeness (QED) is 0.627. The smallest absolute Gasteiger partial charge is 0.269 e. The average Bonchev–Trinajstić information content (AvgIpc) is 2.67. The summed E-state index contributed by atoms with van der Waals surface area (Å²) in [5.74, 6) is -0.0685. The number of anilines is 2. The lowest BCUT2D eigenvalue weighted by Gasteiger charge is -2.38. The maximum absolute atomic E-state index is 12.5. The van der Waals surface area contributed by atoms with Crippen LogP contribution in [0.3, 0.4) is 0 Å². The van der Waals surface area contributed by atoms with Gasteiger partial charge in [0, 0.05) is 54.7 Å². The third kappa shape index (κ3) is 4.75. The van der Waals surface area contributed by atoms with E-state index >= 15 is 0 Å². The van der Waals surface area contributed by atoms with Crippen molar-refractivity contribution in [2.45, 2.75) is 13.0 Å². The fourth-order valence-electron chi connectivity index (χ4n) is 3.13. The van der Waals surface area contributed by atoms with E-state index in [-0.39, 0.29) is 17.6 Å². The minimum Gasteiger partial charge on any atom is -0.369 e. The lowest BCUT2D eigenvalue weighted by molar-refractivity contribution is -0.384. The third-order valence-corrected chi connectivity index (χ3v) is 4.99. The SMILES string of the molecule is C[C@H](C(=O)Nc1cccc(Cl)c1)N1CCN(c2ccc([N+](=O)[O-])cc2)CC1. The van der Waals surface area contributed by atoms with Crippen molar-refractivity contribution in [1.29, 1.82) is 0 Å². The van der Waals surface area contributed by atoms with Gasteiger partial charge in [-0.2, -0.15) is 0 Å². The summed E-state index contributed by atoms with van der Waals surface area (Å²) >= 11 is 5.95. The molecule has 1 aliphatic heterocycles. The van der Waals surface area contributed by atoms with Crippen molar-refractivity contribution in [1.82, 2.24) is 4.90 Å². The molecule has 2 aromatic rings. The number of rotatable bonds is 5. The lowest BCUT2D eigenvalue weighted by Crippen LogP contribution is -2.52. The van der Waals surface area contributed by atoms with Crippen LogP contribution in [0.1, 0.15) is 6.92 Å². The highest BCUT2D eigenvalue weighted by Crippen LogP contribution is 2.21. The van der Waals surface area contributed by atoms with Crippen LogP contribution in [0.15, 0.2) is 48.5 Å². The van der Waals surface area contributed by atoms with Gasteiger partial charge in [-0.3, -0.25) is 19.8 Å². The number of piperazine rings is 1. The molecule has 0 unspecified atom stereocenters. The first-order chi connectivity index (χ1) is 12.9. The summed E-state index contributed by atoms with van der Waals surface area (Å²) in [5, 5.41) is 14.2. The van der Waals surface area contributed by atoms with Crippen LogP contribution in [-0.2, 0) is 4.79 Å². The van der Waals surface area contributed by atoms with Gasteiger partial charge >= 0.3 is 0 Å². The zero-order valence-corrected chi connectivity index (χ0v) is 15.7. The predicted molar refractivity (Wildman–Crippen MR) is 106 cm³/mol. The lowest BCUT2D eigenvalue weighted by atomic mass is 10.2. The zero-order valence-electron chi connectivity index (χ0n) is 15.0. The molecule has 2 aromatic carbocycles. The van der Waals surface area contributed by atoms with Gasteiger partial charge in [0.15, 0.2) is 0 Å². The largest absolute Gasteiger partial charge is 0.369 e. The van der Waals surface area contributed by atoms with Crippen molar-refractivity contribution in [2.75, 3.05) is 36.4 Å². The van der Waals surface area contributed by atoms with E-state index in [1.165, 1.54) is 12.1 Å². The van der Waals surface area contributed by atoms with Crippen LogP contribution < -0.4 is 10.2 Å². The molecule has 1 amide bonds. The molecule has 1 N–H and O–H groups in total. The highest BCUT2D eigenvalue weighted by atomic mass is 35.5. The molecule has 1 heterocycles. The van der Waals surface area contributed by atoms with Crippen molar-refractivity contribution < 1.29 is 9.72 Å². The number of nitrogens with one attached hydrogen (secondary N) is 1. The molecule has 0 aromatic heterocycles. The molecular weight excluding hydrogens is 368 g/mol. The normalized spacial score (nSPS) is 16.0. The Balaban J connectivity index is 1.54. The third-order valence-electron chi connectivity index (χ3n) is 4.76. The summed E-state index contributed by atoms with van der Waals surface area (Å²) in [5.41, 5.74) is 1.73. The molecule has 27 heavy (non-hydrogen) atoms. The maximum Gasteiger partial charge on any atom is 0.269 e. The van der Waals surface area contributed by atoms with Gasteiger partial charge in [-0.25, -0.2) is 0 Å². The second-order valence-electron chi connectivity index (χ2n) is 6.47. The van der Waals surface area contributed by atoms with Gasteiger partial charge < -0.3 is 10.2 Å². The molecular formula is C19H21ClN4O3. The molecule has 8 heteroatoms. The van der Waals surface area contributed by atoms with E-state index in [9.17, 15) is 14.9 Å². The maximum atomic E-state index is 12.5. The van der Waals surface area contributed by atoms with Gasteiger partial charge in [0.2, 0.25) is 5.91 Å². The van der Waals surface area contributed by atoms with Crippen molar-refractivity contribution in [3.8, 4) is 0 Å².